The Labute approximate surface area is 215 Å². The van der Waals surface area contributed by atoms with Crippen LogP contribution in [-0.4, -0.2) is 58.8 Å². The fourth-order valence-corrected chi connectivity index (χ4v) is 5.51. The van der Waals surface area contributed by atoms with Gasteiger partial charge in [0, 0.05) is 24.6 Å². The van der Waals surface area contributed by atoms with Crippen molar-refractivity contribution in [3.8, 4) is 17.1 Å². The normalized spacial score (nSPS) is 18.2. The lowest BCUT2D eigenvalue weighted by atomic mass is 10.0. The van der Waals surface area contributed by atoms with E-state index in [1.54, 1.807) is 36.7 Å². The van der Waals surface area contributed by atoms with Gasteiger partial charge in [0.05, 0.1) is 53.5 Å². The Morgan fingerprint density at radius 2 is 2.03 bits per heavy atom. The van der Waals surface area contributed by atoms with Crippen molar-refractivity contribution in [1.82, 2.24) is 25.3 Å². The summed E-state index contributed by atoms with van der Waals surface area (Å²) in [5.41, 5.74) is 2.41. The molecule has 0 spiro atoms. The van der Waals surface area contributed by atoms with Crippen LogP contribution < -0.4 is 14.8 Å². The highest BCUT2D eigenvalue weighted by Crippen LogP contribution is 2.31. The monoisotopic (exact) mass is 524 g/mol. The van der Waals surface area contributed by atoms with Crippen molar-refractivity contribution in [3.05, 3.63) is 60.4 Å². The Hall–Kier alpha value is -3.64. The molecule has 3 aromatic heterocycles. The fraction of sp³-hybridized carbons (Fsp3) is 0.400. The molecule has 37 heavy (non-hydrogen) atoms. The Morgan fingerprint density at radius 1 is 1.16 bits per heavy atom. The van der Waals surface area contributed by atoms with Crippen LogP contribution in [0.1, 0.15) is 54.8 Å². The molecule has 12 heteroatoms. The molecule has 0 aromatic carbocycles. The van der Waals surface area contributed by atoms with Gasteiger partial charge >= 0.3 is 0 Å². The SMILES string of the molecule is CCOc1cncc(-c2ccc(C(=O)N[C@H](c3cc(NS(=O)(=O)C4CC4)ccn3)[C@H]3CCCO3)nc2)n1. The molecular weight excluding hydrogens is 496 g/mol. The van der Waals surface area contributed by atoms with E-state index in [0.29, 0.717) is 54.6 Å². The molecule has 2 N–H and O–H groups in total. The van der Waals surface area contributed by atoms with Crippen molar-refractivity contribution in [3.63, 3.8) is 0 Å². The number of amides is 1. The summed E-state index contributed by atoms with van der Waals surface area (Å²) in [5.74, 6) is 0.0161. The van der Waals surface area contributed by atoms with Gasteiger partial charge in [0.25, 0.3) is 5.91 Å². The second-order valence-corrected chi connectivity index (χ2v) is 10.9. The topological polar surface area (TPSA) is 145 Å². The zero-order valence-corrected chi connectivity index (χ0v) is 21.1. The molecule has 2 atom stereocenters. The summed E-state index contributed by atoms with van der Waals surface area (Å²) in [6.45, 7) is 2.93. The lowest BCUT2D eigenvalue weighted by Gasteiger charge is -2.24. The van der Waals surface area contributed by atoms with Gasteiger partial charge in [-0.15, -0.1) is 0 Å². The molecule has 1 aliphatic carbocycles. The number of rotatable bonds is 10. The second kappa shape index (κ2) is 10.8. The lowest BCUT2D eigenvalue weighted by Crippen LogP contribution is -2.37. The highest BCUT2D eigenvalue weighted by molar-refractivity contribution is 7.93. The van der Waals surface area contributed by atoms with Gasteiger partial charge in [-0.25, -0.2) is 13.4 Å². The number of carbonyl (C=O) groups excluding carboxylic acids is 1. The molecule has 1 saturated carbocycles. The van der Waals surface area contributed by atoms with Gasteiger partial charge in [-0.1, -0.05) is 0 Å². The van der Waals surface area contributed by atoms with Crippen LogP contribution >= 0.6 is 0 Å². The number of carbonyl (C=O) groups is 1. The second-order valence-electron chi connectivity index (χ2n) is 8.93. The Morgan fingerprint density at radius 3 is 2.73 bits per heavy atom. The van der Waals surface area contributed by atoms with E-state index < -0.39 is 22.0 Å². The number of ether oxygens (including phenoxy) is 2. The first-order valence-electron chi connectivity index (χ1n) is 12.2. The Balaban J connectivity index is 1.34. The van der Waals surface area contributed by atoms with Crippen molar-refractivity contribution in [2.45, 2.75) is 50.0 Å². The summed E-state index contributed by atoms with van der Waals surface area (Å²) in [6, 6.07) is 6.03. The summed E-state index contributed by atoms with van der Waals surface area (Å²) >= 11 is 0. The first-order valence-corrected chi connectivity index (χ1v) is 13.8. The minimum absolute atomic E-state index is 0.214. The van der Waals surface area contributed by atoms with Gasteiger partial charge in [0.2, 0.25) is 15.9 Å². The minimum Gasteiger partial charge on any atom is -0.477 e. The zero-order chi connectivity index (χ0) is 25.8. The van der Waals surface area contributed by atoms with Crippen LogP contribution in [0.3, 0.4) is 0 Å². The number of sulfonamides is 1. The quantitative estimate of drug-likeness (QED) is 0.409. The van der Waals surface area contributed by atoms with E-state index in [-0.39, 0.29) is 17.0 Å². The van der Waals surface area contributed by atoms with Gasteiger partial charge in [-0.3, -0.25) is 24.5 Å². The molecule has 4 heterocycles. The molecule has 0 radical (unpaired) electrons. The predicted molar refractivity (Wildman–Crippen MR) is 135 cm³/mol. The first kappa shape index (κ1) is 25.0. The summed E-state index contributed by atoms with van der Waals surface area (Å²) in [6.07, 6.45) is 8.86. The van der Waals surface area contributed by atoms with E-state index in [1.165, 1.54) is 12.4 Å². The average molecular weight is 525 g/mol. The lowest BCUT2D eigenvalue weighted by molar-refractivity contribution is 0.0661. The molecule has 2 fully saturated rings. The Kier molecular flexibility index (Phi) is 7.28. The summed E-state index contributed by atoms with van der Waals surface area (Å²) in [4.78, 5) is 30.4. The van der Waals surface area contributed by atoms with Crippen LogP contribution in [0.4, 0.5) is 5.69 Å². The third-order valence-electron chi connectivity index (χ3n) is 6.14. The van der Waals surface area contributed by atoms with E-state index in [2.05, 4.69) is 30.0 Å². The smallest absolute Gasteiger partial charge is 0.270 e. The third kappa shape index (κ3) is 6.03. The third-order valence-corrected chi connectivity index (χ3v) is 8.01. The highest BCUT2D eigenvalue weighted by atomic mass is 32.2. The van der Waals surface area contributed by atoms with Gasteiger partial charge in [0.1, 0.15) is 5.69 Å². The molecule has 0 unspecified atom stereocenters. The number of nitrogens with zero attached hydrogens (tertiary/aromatic N) is 4. The molecular formula is C25H28N6O5S. The van der Waals surface area contributed by atoms with Crippen molar-refractivity contribution in [2.24, 2.45) is 0 Å². The summed E-state index contributed by atoms with van der Waals surface area (Å²) < 4.78 is 38.7. The van der Waals surface area contributed by atoms with Crippen molar-refractivity contribution >= 4 is 21.6 Å². The van der Waals surface area contributed by atoms with Crippen LogP contribution in [0, 0.1) is 0 Å². The average Bonchev–Trinajstić information content (AvgIpc) is 3.64. The van der Waals surface area contributed by atoms with Crippen LogP contribution in [-0.2, 0) is 14.8 Å². The van der Waals surface area contributed by atoms with Crippen LogP contribution in [0.5, 0.6) is 5.88 Å². The molecule has 3 aromatic rings. The van der Waals surface area contributed by atoms with Gasteiger partial charge in [-0.2, -0.15) is 0 Å². The van der Waals surface area contributed by atoms with E-state index in [0.717, 1.165) is 12.8 Å². The molecule has 2 aliphatic rings. The first-order chi connectivity index (χ1) is 17.9. The fourth-order valence-electron chi connectivity index (χ4n) is 4.13. The largest absolute Gasteiger partial charge is 0.477 e. The van der Waals surface area contributed by atoms with Crippen LogP contribution in [0.15, 0.2) is 49.1 Å². The Bertz CT molecular complexity index is 1360. The molecule has 1 saturated heterocycles. The molecule has 11 nitrogen and oxygen atoms in total. The highest BCUT2D eigenvalue weighted by Gasteiger charge is 2.36. The number of hydrogen-bond acceptors (Lipinski definition) is 9. The van der Waals surface area contributed by atoms with E-state index in [4.69, 9.17) is 9.47 Å². The van der Waals surface area contributed by atoms with Gasteiger partial charge in [-0.05, 0) is 56.9 Å². The van der Waals surface area contributed by atoms with E-state index >= 15 is 0 Å². The molecule has 1 amide bonds. The molecule has 194 valence electrons. The zero-order valence-electron chi connectivity index (χ0n) is 20.3. The van der Waals surface area contributed by atoms with Crippen LogP contribution in [0.25, 0.3) is 11.3 Å². The van der Waals surface area contributed by atoms with Gasteiger partial charge < -0.3 is 14.8 Å². The van der Waals surface area contributed by atoms with Crippen molar-refractivity contribution in [1.29, 1.82) is 0 Å². The minimum atomic E-state index is -3.42. The molecule has 1 aliphatic heterocycles. The number of nitrogens with one attached hydrogen (secondary N) is 2. The van der Waals surface area contributed by atoms with E-state index in [1.807, 2.05) is 6.92 Å². The van der Waals surface area contributed by atoms with E-state index in [9.17, 15) is 13.2 Å². The summed E-state index contributed by atoms with van der Waals surface area (Å²) in [7, 11) is -3.42. The number of hydrogen-bond donors (Lipinski definition) is 2. The summed E-state index contributed by atoms with van der Waals surface area (Å²) in [5, 5.41) is 2.64. The maximum Gasteiger partial charge on any atom is 0.270 e. The molecule has 0 bridgehead atoms. The maximum atomic E-state index is 13.2. The number of pyridine rings is 2. The van der Waals surface area contributed by atoms with Crippen LogP contribution in [0.2, 0.25) is 0 Å². The van der Waals surface area contributed by atoms with Crippen molar-refractivity contribution in [2.75, 3.05) is 17.9 Å². The number of anilines is 1. The number of aromatic nitrogens is 4. The molecule has 5 rings (SSSR count). The maximum absolute atomic E-state index is 13.2. The van der Waals surface area contributed by atoms with Crippen molar-refractivity contribution < 1.29 is 22.7 Å². The predicted octanol–water partition coefficient (Wildman–Crippen LogP) is 2.89. The standard InChI is InChI=1S/C25H28N6O5S/c1-2-35-23-15-26-14-21(29-23)16-5-8-19(28-13-16)25(32)30-24(22-4-3-11-36-22)20-12-17(9-10-27-20)31-37(33,34)18-6-7-18/h5,8-10,12-15,18,22,24H,2-4,6-7,11H2,1H3,(H,27,31)(H,30,32)/t22-,24-/m1/s1. The van der Waals surface area contributed by atoms with Gasteiger partial charge in [0.15, 0.2) is 0 Å².